The Morgan fingerprint density at radius 1 is 1.28 bits per heavy atom. The van der Waals surface area contributed by atoms with Crippen molar-refractivity contribution >= 4 is 34.1 Å². The van der Waals surface area contributed by atoms with E-state index in [1.807, 2.05) is 0 Å². The van der Waals surface area contributed by atoms with E-state index in [9.17, 15) is 4.79 Å². The summed E-state index contributed by atoms with van der Waals surface area (Å²) in [6.45, 7) is 0. The molecule has 0 aliphatic carbocycles. The van der Waals surface area contributed by atoms with Gasteiger partial charge in [-0.1, -0.05) is 11.3 Å². The number of nitrogens with zero attached hydrogens (tertiary/aromatic N) is 5. The van der Waals surface area contributed by atoms with Gasteiger partial charge < -0.3 is 11.5 Å². The van der Waals surface area contributed by atoms with E-state index in [-0.39, 0.29) is 0 Å². The van der Waals surface area contributed by atoms with Crippen LogP contribution in [0.4, 0.5) is 5.82 Å². The lowest BCUT2D eigenvalue weighted by molar-refractivity contribution is 0.100. The van der Waals surface area contributed by atoms with Crippen molar-refractivity contribution < 1.29 is 4.79 Å². The van der Waals surface area contributed by atoms with Crippen LogP contribution in [-0.4, -0.2) is 30.6 Å². The quantitative estimate of drug-likeness (QED) is 0.666. The standard InChI is InChI=1S/C9H7N7OS/c10-6-4-1-15-16(8(4)14-3-13-6)9-12-2-5(18-9)7(11)17/h1-3H,(H2,11,17)(H2,10,13,14). The molecule has 0 atom stereocenters. The summed E-state index contributed by atoms with van der Waals surface area (Å²) in [6, 6.07) is 0. The molecule has 0 unspecified atom stereocenters. The van der Waals surface area contributed by atoms with Gasteiger partial charge in [-0.25, -0.2) is 15.0 Å². The predicted molar refractivity (Wildman–Crippen MR) is 65.3 cm³/mol. The molecule has 0 fully saturated rings. The zero-order chi connectivity index (χ0) is 12.7. The first-order valence-electron chi connectivity index (χ1n) is 4.87. The fraction of sp³-hybridized carbons (Fsp3) is 0. The van der Waals surface area contributed by atoms with Crippen molar-refractivity contribution in [1.29, 1.82) is 0 Å². The van der Waals surface area contributed by atoms with Crippen molar-refractivity contribution in [3.8, 4) is 5.13 Å². The summed E-state index contributed by atoms with van der Waals surface area (Å²) in [7, 11) is 0. The van der Waals surface area contributed by atoms with Gasteiger partial charge in [0.1, 0.15) is 17.0 Å². The monoisotopic (exact) mass is 261 g/mol. The highest BCUT2D eigenvalue weighted by Gasteiger charge is 2.13. The lowest BCUT2D eigenvalue weighted by atomic mass is 10.4. The number of thiazole rings is 1. The van der Waals surface area contributed by atoms with Gasteiger partial charge in [0.25, 0.3) is 5.91 Å². The number of aromatic nitrogens is 5. The third-order valence-electron chi connectivity index (χ3n) is 2.31. The molecule has 0 radical (unpaired) electrons. The third-order valence-corrected chi connectivity index (χ3v) is 3.30. The van der Waals surface area contributed by atoms with Crippen LogP contribution in [-0.2, 0) is 0 Å². The van der Waals surface area contributed by atoms with Crippen LogP contribution in [0.25, 0.3) is 16.2 Å². The average Bonchev–Trinajstić information content (AvgIpc) is 2.94. The van der Waals surface area contributed by atoms with Crippen LogP contribution in [0.3, 0.4) is 0 Å². The minimum absolute atomic E-state index is 0.345. The first-order valence-corrected chi connectivity index (χ1v) is 5.68. The van der Waals surface area contributed by atoms with E-state index in [2.05, 4.69) is 20.1 Å². The topological polar surface area (TPSA) is 126 Å². The molecule has 0 spiro atoms. The van der Waals surface area contributed by atoms with Crippen LogP contribution >= 0.6 is 11.3 Å². The van der Waals surface area contributed by atoms with Gasteiger partial charge in [-0.3, -0.25) is 4.79 Å². The van der Waals surface area contributed by atoms with Crippen molar-refractivity contribution in [3.63, 3.8) is 0 Å². The van der Waals surface area contributed by atoms with Crippen LogP contribution in [0.2, 0.25) is 0 Å². The zero-order valence-corrected chi connectivity index (χ0v) is 9.76. The molecule has 9 heteroatoms. The Balaban J connectivity index is 2.19. The lowest BCUT2D eigenvalue weighted by Crippen LogP contribution is -2.08. The zero-order valence-electron chi connectivity index (χ0n) is 8.94. The van der Waals surface area contributed by atoms with Crippen LogP contribution < -0.4 is 11.5 Å². The Morgan fingerprint density at radius 3 is 2.83 bits per heavy atom. The molecule has 0 saturated heterocycles. The molecular formula is C9H7N7OS. The Labute approximate surface area is 104 Å². The van der Waals surface area contributed by atoms with Gasteiger partial charge in [0.05, 0.1) is 17.8 Å². The highest BCUT2D eigenvalue weighted by molar-refractivity contribution is 7.16. The van der Waals surface area contributed by atoms with Crippen LogP contribution in [0.1, 0.15) is 9.67 Å². The largest absolute Gasteiger partial charge is 0.383 e. The maximum atomic E-state index is 11.0. The second-order valence-electron chi connectivity index (χ2n) is 3.42. The van der Waals surface area contributed by atoms with Crippen molar-refractivity contribution in [1.82, 2.24) is 24.7 Å². The van der Waals surface area contributed by atoms with Gasteiger partial charge in [-0.15, -0.1) is 0 Å². The van der Waals surface area contributed by atoms with E-state index >= 15 is 0 Å². The summed E-state index contributed by atoms with van der Waals surface area (Å²) >= 11 is 1.13. The number of nitrogen functional groups attached to an aromatic ring is 1. The van der Waals surface area contributed by atoms with Gasteiger partial charge in [-0.2, -0.15) is 9.78 Å². The normalized spacial score (nSPS) is 10.9. The Hall–Kier alpha value is -2.55. The third kappa shape index (κ3) is 1.49. The van der Waals surface area contributed by atoms with Crippen molar-refractivity contribution in [2.75, 3.05) is 5.73 Å². The number of carbonyl (C=O) groups excluding carboxylic acids is 1. The molecule has 4 N–H and O–H groups in total. The number of hydrogen-bond donors (Lipinski definition) is 2. The summed E-state index contributed by atoms with van der Waals surface area (Å²) in [6.07, 6.45) is 4.30. The van der Waals surface area contributed by atoms with E-state index in [0.29, 0.717) is 26.9 Å². The average molecular weight is 261 g/mol. The van der Waals surface area contributed by atoms with Crippen molar-refractivity contribution in [2.45, 2.75) is 0 Å². The maximum absolute atomic E-state index is 11.0. The van der Waals surface area contributed by atoms with Crippen molar-refractivity contribution in [3.05, 3.63) is 23.6 Å². The summed E-state index contributed by atoms with van der Waals surface area (Å²) in [5, 5.41) is 5.26. The number of rotatable bonds is 2. The number of hydrogen-bond acceptors (Lipinski definition) is 7. The highest BCUT2D eigenvalue weighted by Crippen LogP contribution is 2.22. The summed E-state index contributed by atoms with van der Waals surface area (Å²) in [4.78, 5) is 23.4. The van der Waals surface area contributed by atoms with E-state index < -0.39 is 5.91 Å². The predicted octanol–water partition coefficient (Wildman–Crippen LogP) is -0.0469. The van der Waals surface area contributed by atoms with Gasteiger partial charge in [-0.05, 0) is 0 Å². The first-order chi connectivity index (χ1) is 8.66. The van der Waals surface area contributed by atoms with E-state index in [1.54, 1.807) is 6.20 Å². The molecule has 1 amide bonds. The van der Waals surface area contributed by atoms with Gasteiger partial charge >= 0.3 is 0 Å². The fourth-order valence-corrected chi connectivity index (χ4v) is 2.21. The molecule has 0 aromatic carbocycles. The van der Waals surface area contributed by atoms with Gasteiger partial charge in [0, 0.05) is 0 Å². The number of fused-ring (bicyclic) bond motifs is 1. The molecule has 8 nitrogen and oxygen atoms in total. The minimum Gasteiger partial charge on any atom is -0.383 e. The lowest BCUT2D eigenvalue weighted by Gasteiger charge is -1.97. The summed E-state index contributed by atoms with van der Waals surface area (Å²) < 4.78 is 1.49. The second-order valence-corrected chi connectivity index (χ2v) is 4.43. The molecular weight excluding hydrogens is 254 g/mol. The Kier molecular flexibility index (Phi) is 2.20. The fourth-order valence-electron chi connectivity index (χ4n) is 1.48. The summed E-state index contributed by atoms with van der Waals surface area (Å²) in [5.41, 5.74) is 11.4. The van der Waals surface area contributed by atoms with Crippen LogP contribution in [0, 0.1) is 0 Å². The summed E-state index contributed by atoms with van der Waals surface area (Å²) in [5.74, 6) is -0.178. The second kappa shape index (κ2) is 3.74. The maximum Gasteiger partial charge on any atom is 0.260 e. The first kappa shape index (κ1) is 10.6. The molecule has 0 aliphatic heterocycles. The molecule has 3 heterocycles. The number of carbonyl (C=O) groups is 1. The Bertz CT molecular complexity index is 746. The molecule has 3 aromatic heterocycles. The molecule has 90 valence electrons. The number of anilines is 1. The highest BCUT2D eigenvalue weighted by atomic mass is 32.1. The van der Waals surface area contributed by atoms with E-state index in [1.165, 1.54) is 17.2 Å². The van der Waals surface area contributed by atoms with E-state index in [0.717, 1.165) is 11.3 Å². The van der Waals surface area contributed by atoms with Crippen molar-refractivity contribution in [2.24, 2.45) is 5.73 Å². The molecule has 0 aliphatic rings. The molecule has 18 heavy (non-hydrogen) atoms. The number of amides is 1. The molecule has 0 saturated carbocycles. The SMILES string of the molecule is NC(=O)c1cnc(-n2ncc3c(N)ncnc32)s1. The number of primary amides is 1. The number of nitrogens with two attached hydrogens (primary N) is 2. The van der Waals surface area contributed by atoms with Crippen LogP contribution in [0.5, 0.6) is 0 Å². The van der Waals surface area contributed by atoms with Crippen LogP contribution in [0.15, 0.2) is 18.7 Å². The molecule has 3 aromatic rings. The smallest absolute Gasteiger partial charge is 0.260 e. The molecule has 3 rings (SSSR count). The van der Waals surface area contributed by atoms with Gasteiger partial charge in [0.2, 0.25) is 5.13 Å². The minimum atomic E-state index is -0.524. The van der Waals surface area contributed by atoms with E-state index in [4.69, 9.17) is 11.5 Å². The van der Waals surface area contributed by atoms with Gasteiger partial charge in [0.15, 0.2) is 5.65 Å². The molecule has 0 bridgehead atoms. The Morgan fingerprint density at radius 2 is 2.11 bits per heavy atom.